The predicted molar refractivity (Wildman–Crippen MR) is 173 cm³/mol. The molecule has 1 atom stereocenters. The van der Waals surface area contributed by atoms with Crippen molar-refractivity contribution >= 4 is 46.9 Å². The molecule has 0 saturated heterocycles. The fraction of sp³-hybridized carbons (Fsp3) is 0.171. The zero-order valence-corrected chi connectivity index (χ0v) is 25.0. The fourth-order valence-electron chi connectivity index (χ4n) is 4.28. The van der Waals surface area contributed by atoms with Crippen LogP contribution >= 0.6 is 11.8 Å². The van der Waals surface area contributed by atoms with E-state index in [2.05, 4.69) is 16.0 Å². The SMILES string of the molecule is CCC(Sc1cccc(NC(=O)/C(=C\c2cccc(C)c2)NC(=O)c2ccccc2)c1)C(=O)Nc1cc(C)ccc1C. The molecule has 4 rings (SSSR count). The number of nitrogens with one attached hydrogen (secondary N) is 3. The van der Waals surface area contributed by atoms with Crippen molar-refractivity contribution in [3.63, 3.8) is 0 Å². The molecule has 0 bridgehead atoms. The molecule has 0 radical (unpaired) electrons. The molecule has 4 aromatic carbocycles. The van der Waals surface area contributed by atoms with Crippen molar-refractivity contribution in [1.82, 2.24) is 5.32 Å². The molecule has 3 N–H and O–H groups in total. The van der Waals surface area contributed by atoms with Crippen LogP contribution in [0, 0.1) is 20.8 Å². The summed E-state index contributed by atoms with van der Waals surface area (Å²) in [6.45, 7) is 7.91. The molecule has 3 amide bonds. The van der Waals surface area contributed by atoms with Crippen LogP contribution in [0.2, 0.25) is 0 Å². The van der Waals surface area contributed by atoms with Crippen LogP contribution in [0.1, 0.15) is 46.0 Å². The summed E-state index contributed by atoms with van der Waals surface area (Å²) < 4.78 is 0. The van der Waals surface area contributed by atoms with E-state index in [9.17, 15) is 14.4 Å². The van der Waals surface area contributed by atoms with Crippen molar-refractivity contribution in [2.45, 2.75) is 44.3 Å². The first-order valence-corrected chi connectivity index (χ1v) is 14.7. The lowest BCUT2D eigenvalue weighted by Crippen LogP contribution is -2.30. The van der Waals surface area contributed by atoms with Crippen molar-refractivity contribution in [2.24, 2.45) is 0 Å². The number of thioether (sulfide) groups is 1. The molecule has 7 heteroatoms. The van der Waals surface area contributed by atoms with Gasteiger partial charge in [0.2, 0.25) is 5.91 Å². The summed E-state index contributed by atoms with van der Waals surface area (Å²) in [4.78, 5) is 40.4. The van der Waals surface area contributed by atoms with Crippen molar-refractivity contribution in [1.29, 1.82) is 0 Å². The van der Waals surface area contributed by atoms with Gasteiger partial charge in [0.15, 0.2) is 0 Å². The van der Waals surface area contributed by atoms with E-state index in [1.165, 1.54) is 11.8 Å². The summed E-state index contributed by atoms with van der Waals surface area (Å²) >= 11 is 1.44. The van der Waals surface area contributed by atoms with E-state index in [4.69, 9.17) is 0 Å². The highest BCUT2D eigenvalue weighted by molar-refractivity contribution is 8.00. The first-order chi connectivity index (χ1) is 20.2. The molecule has 4 aromatic rings. The Morgan fingerprint density at radius 2 is 1.52 bits per heavy atom. The van der Waals surface area contributed by atoms with Crippen LogP contribution in [0.3, 0.4) is 0 Å². The summed E-state index contributed by atoms with van der Waals surface area (Å²) in [6.07, 6.45) is 2.29. The average molecular weight is 578 g/mol. The van der Waals surface area contributed by atoms with E-state index in [0.29, 0.717) is 17.7 Å². The Hall–Kier alpha value is -4.62. The number of hydrogen-bond donors (Lipinski definition) is 3. The van der Waals surface area contributed by atoms with E-state index >= 15 is 0 Å². The minimum absolute atomic E-state index is 0.0716. The van der Waals surface area contributed by atoms with Gasteiger partial charge in [-0.15, -0.1) is 11.8 Å². The normalized spacial score (nSPS) is 11.9. The molecule has 0 aliphatic carbocycles. The highest BCUT2D eigenvalue weighted by Gasteiger charge is 2.20. The molecule has 1 unspecified atom stereocenters. The molecular formula is C35H35N3O3S. The largest absolute Gasteiger partial charge is 0.325 e. The summed E-state index contributed by atoms with van der Waals surface area (Å²) in [5.41, 5.74) is 5.84. The van der Waals surface area contributed by atoms with Crippen LogP contribution in [-0.4, -0.2) is 23.0 Å². The Kier molecular flexibility index (Phi) is 10.3. The summed E-state index contributed by atoms with van der Waals surface area (Å²) in [5, 5.41) is 8.43. The lowest BCUT2D eigenvalue weighted by Gasteiger charge is -2.17. The van der Waals surface area contributed by atoms with E-state index < -0.39 is 5.91 Å². The summed E-state index contributed by atoms with van der Waals surface area (Å²) in [7, 11) is 0. The van der Waals surface area contributed by atoms with Crippen molar-refractivity contribution in [2.75, 3.05) is 10.6 Å². The zero-order valence-electron chi connectivity index (χ0n) is 24.2. The molecule has 42 heavy (non-hydrogen) atoms. The van der Waals surface area contributed by atoms with Crippen LogP contribution in [0.25, 0.3) is 6.08 Å². The zero-order chi connectivity index (χ0) is 30.1. The van der Waals surface area contributed by atoms with E-state index in [1.54, 1.807) is 36.4 Å². The first-order valence-electron chi connectivity index (χ1n) is 13.8. The second kappa shape index (κ2) is 14.3. The summed E-state index contributed by atoms with van der Waals surface area (Å²) in [5.74, 6) is -0.908. The molecule has 0 spiro atoms. The predicted octanol–water partition coefficient (Wildman–Crippen LogP) is 7.53. The van der Waals surface area contributed by atoms with Crippen LogP contribution < -0.4 is 16.0 Å². The van der Waals surface area contributed by atoms with Gasteiger partial charge in [-0.1, -0.05) is 73.2 Å². The number of aryl methyl sites for hydroxylation is 3. The lowest BCUT2D eigenvalue weighted by atomic mass is 10.1. The van der Waals surface area contributed by atoms with Gasteiger partial charge in [0.05, 0.1) is 5.25 Å². The van der Waals surface area contributed by atoms with Gasteiger partial charge in [-0.25, -0.2) is 0 Å². The average Bonchev–Trinajstić information content (AvgIpc) is 2.98. The topological polar surface area (TPSA) is 87.3 Å². The van der Waals surface area contributed by atoms with Gasteiger partial charge in [0.25, 0.3) is 11.8 Å². The third kappa shape index (κ3) is 8.44. The highest BCUT2D eigenvalue weighted by atomic mass is 32.2. The number of benzene rings is 4. The Morgan fingerprint density at radius 1 is 0.786 bits per heavy atom. The standard InChI is InChI=1S/C35H35N3O3S/c1-5-32(35(41)37-30-20-24(3)17-18-25(30)4)42-29-16-10-15-28(22-29)36-34(40)31(21-26-12-9-11-23(2)19-26)38-33(39)27-13-7-6-8-14-27/h6-22,32H,5H2,1-4H3,(H,36,40)(H,37,41)(H,38,39)/b31-21+. The Balaban J connectivity index is 1.51. The number of hydrogen-bond acceptors (Lipinski definition) is 4. The number of carbonyl (C=O) groups is 3. The number of anilines is 2. The second-order valence-corrected chi connectivity index (χ2v) is 11.4. The minimum atomic E-state index is -0.456. The molecular weight excluding hydrogens is 542 g/mol. The van der Waals surface area contributed by atoms with Gasteiger partial charge in [0, 0.05) is 21.8 Å². The van der Waals surface area contributed by atoms with Crippen molar-refractivity contribution < 1.29 is 14.4 Å². The van der Waals surface area contributed by atoms with Crippen molar-refractivity contribution in [3.05, 3.63) is 131 Å². The highest BCUT2D eigenvalue weighted by Crippen LogP contribution is 2.29. The number of amides is 3. The Bertz CT molecular complexity index is 1620. The molecule has 0 aromatic heterocycles. The quantitative estimate of drug-likeness (QED) is 0.134. The maximum atomic E-state index is 13.5. The van der Waals surface area contributed by atoms with Gasteiger partial charge in [-0.2, -0.15) is 0 Å². The van der Waals surface area contributed by atoms with Gasteiger partial charge < -0.3 is 16.0 Å². The second-order valence-electron chi connectivity index (χ2n) is 10.1. The van der Waals surface area contributed by atoms with Crippen LogP contribution in [0.5, 0.6) is 0 Å². The number of carbonyl (C=O) groups excluding carboxylic acids is 3. The van der Waals surface area contributed by atoms with E-state index in [-0.39, 0.29) is 22.8 Å². The van der Waals surface area contributed by atoms with E-state index in [0.717, 1.165) is 32.8 Å². The van der Waals surface area contributed by atoms with Gasteiger partial charge in [-0.3, -0.25) is 14.4 Å². The third-order valence-corrected chi connectivity index (χ3v) is 7.92. The Morgan fingerprint density at radius 3 is 2.26 bits per heavy atom. The lowest BCUT2D eigenvalue weighted by molar-refractivity contribution is -0.116. The molecule has 0 saturated carbocycles. The van der Waals surface area contributed by atoms with E-state index in [1.807, 2.05) is 94.4 Å². The molecule has 0 heterocycles. The molecule has 0 aliphatic rings. The van der Waals surface area contributed by atoms with Crippen LogP contribution in [0.4, 0.5) is 11.4 Å². The van der Waals surface area contributed by atoms with Crippen LogP contribution in [-0.2, 0) is 9.59 Å². The fourth-order valence-corrected chi connectivity index (χ4v) is 5.30. The minimum Gasteiger partial charge on any atom is -0.325 e. The summed E-state index contributed by atoms with van der Waals surface area (Å²) in [6, 6.07) is 29.8. The van der Waals surface area contributed by atoms with Gasteiger partial charge in [-0.05, 0) is 86.4 Å². The molecule has 214 valence electrons. The smallest absolute Gasteiger partial charge is 0.272 e. The van der Waals surface area contributed by atoms with Crippen LogP contribution in [0.15, 0.2) is 108 Å². The maximum absolute atomic E-state index is 13.5. The molecule has 0 aliphatic heterocycles. The number of rotatable bonds is 10. The van der Waals surface area contributed by atoms with Gasteiger partial charge >= 0.3 is 0 Å². The monoisotopic (exact) mass is 577 g/mol. The third-order valence-electron chi connectivity index (χ3n) is 6.57. The molecule has 0 fully saturated rings. The molecule has 6 nitrogen and oxygen atoms in total. The van der Waals surface area contributed by atoms with Gasteiger partial charge in [0.1, 0.15) is 5.70 Å². The Labute approximate surface area is 251 Å². The van der Waals surface area contributed by atoms with Crippen molar-refractivity contribution in [3.8, 4) is 0 Å². The maximum Gasteiger partial charge on any atom is 0.272 e. The first kappa shape index (κ1) is 30.3.